The van der Waals surface area contributed by atoms with E-state index in [0.29, 0.717) is 18.0 Å². The van der Waals surface area contributed by atoms with E-state index < -0.39 is 6.04 Å². The first kappa shape index (κ1) is 17.5. The fourth-order valence-corrected chi connectivity index (χ4v) is 2.28. The van der Waals surface area contributed by atoms with Gasteiger partial charge in [-0.3, -0.25) is 14.3 Å². The molecule has 2 aromatic rings. The maximum Gasteiger partial charge on any atom is 0.247 e. The molecule has 0 aliphatic rings. The van der Waals surface area contributed by atoms with E-state index in [1.165, 1.54) is 4.90 Å². The standard InChI is InChI=1S/C17H22N4O3/c1-4-24-15-9-6-5-8-14(15)19-16(22)12-20(3)17(23)13(2)21-11-7-10-18-21/h5-11,13H,4,12H2,1-3H3,(H,19,22). The topological polar surface area (TPSA) is 76.5 Å². The number of carbonyl (C=O) groups excluding carboxylic acids is 2. The SMILES string of the molecule is CCOc1ccccc1NC(=O)CN(C)C(=O)C(C)n1cccn1. The molecule has 2 rings (SSSR count). The van der Waals surface area contributed by atoms with Crippen LogP contribution in [0.5, 0.6) is 5.75 Å². The minimum Gasteiger partial charge on any atom is -0.492 e. The first-order chi connectivity index (χ1) is 11.5. The highest BCUT2D eigenvalue weighted by atomic mass is 16.5. The van der Waals surface area contributed by atoms with Crippen molar-refractivity contribution in [3.8, 4) is 5.75 Å². The fraction of sp³-hybridized carbons (Fsp3) is 0.353. The lowest BCUT2D eigenvalue weighted by Gasteiger charge is -2.21. The van der Waals surface area contributed by atoms with Gasteiger partial charge in [0.15, 0.2) is 0 Å². The zero-order valence-corrected chi connectivity index (χ0v) is 14.1. The molecule has 1 aromatic carbocycles. The van der Waals surface area contributed by atoms with Crippen molar-refractivity contribution in [2.75, 3.05) is 25.5 Å². The quantitative estimate of drug-likeness (QED) is 0.842. The van der Waals surface area contributed by atoms with Crippen molar-refractivity contribution in [2.24, 2.45) is 0 Å². The Morgan fingerprint density at radius 3 is 2.75 bits per heavy atom. The van der Waals surface area contributed by atoms with E-state index in [9.17, 15) is 9.59 Å². The average Bonchev–Trinajstić information content (AvgIpc) is 3.10. The number of ether oxygens (including phenoxy) is 1. The third-order valence-corrected chi connectivity index (χ3v) is 3.50. The molecule has 0 aliphatic heterocycles. The molecule has 0 saturated heterocycles. The minimum atomic E-state index is -0.464. The number of nitrogens with zero attached hydrogens (tertiary/aromatic N) is 3. The van der Waals surface area contributed by atoms with Crippen LogP contribution in [-0.4, -0.2) is 46.7 Å². The van der Waals surface area contributed by atoms with E-state index in [1.807, 2.05) is 19.1 Å². The largest absolute Gasteiger partial charge is 0.492 e. The maximum absolute atomic E-state index is 12.4. The fourth-order valence-electron chi connectivity index (χ4n) is 2.28. The van der Waals surface area contributed by atoms with Crippen LogP contribution < -0.4 is 10.1 Å². The van der Waals surface area contributed by atoms with E-state index in [2.05, 4.69) is 10.4 Å². The summed E-state index contributed by atoms with van der Waals surface area (Å²) in [5.74, 6) is 0.129. The van der Waals surface area contributed by atoms with Crippen LogP contribution in [-0.2, 0) is 9.59 Å². The molecule has 0 spiro atoms. The predicted molar refractivity (Wildman–Crippen MR) is 90.8 cm³/mol. The molecule has 7 nitrogen and oxygen atoms in total. The second kappa shape index (κ2) is 8.14. The lowest BCUT2D eigenvalue weighted by Crippen LogP contribution is -2.38. The zero-order valence-electron chi connectivity index (χ0n) is 14.1. The molecule has 24 heavy (non-hydrogen) atoms. The Bertz CT molecular complexity index is 685. The van der Waals surface area contributed by atoms with Crippen LogP contribution >= 0.6 is 0 Å². The van der Waals surface area contributed by atoms with E-state index in [4.69, 9.17) is 4.74 Å². The Morgan fingerprint density at radius 1 is 1.33 bits per heavy atom. The monoisotopic (exact) mass is 330 g/mol. The second-order valence-corrected chi connectivity index (χ2v) is 5.33. The Labute approximate surface area is 141 Å². The molecule has 1 aromatic heterocycles. The summed E-state index contributed by atoms with van der Waals surface area (Å²) in [7, 11) is 1.59. The van der Waals surface area contributed by atoms with Gasteiger partial charge in [-0.05, 0) is 32.0 Å². The lowest BCUT2D eigenvalue weighted by atomic mass is 10.2. The van der Waals surface area contributed by atoms with Gasteiger partial charge in [0.05, 0.1) is 18.8 Å². The zero-order chi connectivity index (χ0) is 17.5. The van der Waals surface area contributed by atoms with Gasteiger partial charge in [-0.15, -0.1) is 0 Å². The number of benzene rings is 1. The summed E-state index contributed by atoms with van der Waals surface area (Å²) in [5.41, 5.74) is 0.588. The molecule has 7 heteroatoms. The third kappa shape index (κ3) is 4.34. The number of rotatable bonds is 7. The lowest BCUT2D eigenvalue weighted by molar-refractivity contribution is -0.136. The van der Waals surface area contributed by atoms with Gasteiger partial charge in [0.25, 0.3) is 0 Å². The van der Waals surface area contributed by atoms with Gasteiger partial charge in [0, 0.05) is 19.4 Å². The average molecular weight is 330 g/mol. The van der Waals surface area contributed by atoms with Gasteiger partial charge >= 0.3 is 0 Å². The number of aromatic nitrogens is 2. The van der Waals surface area contributed by atoms with Crippen LogP contribution in [0.1, 0.15) is 19.9 Å². The van der Waals surface area contributed by atoms with Gasteiger partial charge in [-0.2, -0.15) is 5.10 Å². The second-order valence-electron chi connectivity index (χ2n) is 5.33. The molecule has 0 fully saturated rings. The van der Waals surface area contributed by atoms with Crippen LogP contribution in [0.15, 0.2) is 42.7 Å². The summed E-state index contributed by atoms with van der Waals surface area (Å²) < 4.78 is 7.03. The number of anilines is 1. The first-order valence-corrected chi connectivity index (χ1v) is 7.78. The summed E-state index contributed by atoms with van der Waals surface area (Å²) in [6, 6.07) is 8.48. The molecule has 2 amide bonds. The summed E-state index contributed by atoms with van der Waals surface area (Å²) in [5, 5.41) is 6.83. The van der Waals surface area contributed by atoms with Crippen LogP contribution in [0.4, 0.5) is 5.69 Å². The summed E-state index contributed by atoms with van der Waals surface area (Å²) >= 11 is 0. The predicted octanol–water partition coefficient (Wildman–Crippen LogP) is 1.94. The van der Waals surface area contributed by atoms with Gasteiger partial charge < -0.3 is 15.0 Å². The number of likely N-dealkylation sites (N-methyl/N-ethyl adjacent to an activating group) is 1. The molecular formula is C17H22N4O3. The van der Waals surface area contributed by atoms with Crippen molar-refractivity contribution < 1.29 is 14.3 Å². The van der Waals surface area contributed by atoms with Crippen LogP contribution in [0, 0.1) is 0 Å². The van der Waals surface area contributed by atoms with Crippen molar-refractivity contribution >= 4 is 17.5 Å². The molecular weight excluding hydrogens is 308 g/mol. The molecule has 1 N–H and O–H groups in total. The number of carbonyl (C=O) groups is 2. The van der Waals surface area contributed by atoms with Gasteiger partial charge in [-0.25, -0.2) is 0 Å². The van der Waals surface area contributed by atoms with Crippen molar-refractivity contribution in [2.45, 2.75) is 19.9 Å². The number of para-hydroxylation sites is 2. The van der Waals surface area contributed by atoms with Crippen LogP contribution in [0.2, 0.25) is 0 Å². The smallest absolute Gasteiger partial charge is 0.247 e. The van der Waals surface area contributed by atoms with Crippen molar-refractivity contribution in [1.82, 2.24) is 14.7 Å². The molecule has 0 radical (unpaired) electrons. The Morgan fingerprint density at radius 2 is 2.08 bits per heavy atom. The molecule has 0 bridgehead atoms. The number of hydrogen-bond acceptors (Lipinski definition) is 4. The molecule has 1 heterocycles. The highest BCUT2D eigenvalue weighted by molar-refractivity contribution is 5.96. The van der Waals surface area contributed by atoms with E-state index in [1.54, 1.807) is 49.2 Å². The number of nitrogens with one attached hydrogen (secondary N) is 1. The van der Waals surface area contributed by atoms with E-state index in [0.717, 1.165) is 0 Å². The summed E-state index contributed by atoms with van der Waals surface area (Å²) in [6.07, 6.45) is 3.33. The number of hydrogen-bond donors (Lipinski definition) is 1. The van der Waals surface area contributed by atoms with Crippen LogP contribution in [0.25, 0.3) is 0 Å². The van der Waals surface area contributed by atoms with Gasteiger partial charge in [0.1, 0.15) is 11.8 Å². The molecule has 1 atom stereocenters. The highest BCUT2D eigenvalue weighted by Gasteiger charge is 2.21. The van der Waals surface area contributed by atoms with Gasteiger partial charge in [-0.1, -0.05) is 12.1 Å². The first-order valence-electron chi connectivity index (χ1n) is 7.78. The molecule has 1 unspecified atom stereocenters. The molecule has 128 valence electrons. The summed E-state index contributed by atoms with van der Waals surface area (Å²) in [6.45, 7) is 4.08. The minimum absolute atomic E-state index is 0.0507. The van der Waals surface area contributed by atoms with Crippen LogP contribution in [0.3, 0.4) is 0 Å². The van der Waals surface area contributed by atoms with Crippen molar-refractivity contribution in [3.05, 3.63) is 42.7 Å². The normalized spacial score (nSPS) is 11.6. The summed E-state index contributed by atoms with van der Waals surface area (Å²) in [4.78, 5) is 25.9. The van der Waals surface area contributed by atoms with Crippen molar-refractivity contribution in [3.63, 3.8) is 0 Å². The highest BCUT2D eigenvalue weighted by Crippen LogP contribution is 2.23. The molecule has 0 aliphatic carbocycles. The Hall–Kier alpha value is -2.83. The maximum atomic E-state index is 12.4. The Balaban J connectivity index is 1.95. The molecule has 0 saturated carbocycles. The third-order valence-electron chi connectivity index (χ3n) is 3.50. The number of amides is 2. The Kier molecular flexibility index (Phi) is 5.95. The van der Waals surface area contributed by atoms with E-state index in [-0.39, 0.29) is 18.4 Å². The van der Waals surface area contributed by atoms with Crippen molar-refractivity contribution in [1.29, 1.82) is 0 Å². The van der Waals surface area contributed by atoms with E-state index >= 15 is 0 Å². The van der Waals surface area contributed by atoms with Gasteiger partial charge in [0.2, 0.25) is 11.8 Å².